The number of nitrogens with one attached hydrogen (secondary N) is 3. The molecule has 8 rings (SSSR count). The third-order valence-corrected chi connectivity index (χ3v) is 12.6. The zero-order valence-electron chi connectivity index (χ0n) is 32.4. The van der Waals surface area contributed by atoms with Crippen LogP contribution in [0, 0.1) is 17.2 Å². The van der Waals surface area contributed by atoms with Crippen LogP contribution in [0.5, 0.6) is 0 Å². The van der Waals surface area contributed by atoms with Crippen molar-refractivity contribution in [2.45, 2.75) is 75.9 Å². The van der Waals surface area contributed by atoms with E-state index in [1.165, 1.54) is 0 Å². The number of imidazole rings is 2. The third-order valence-electron chi connectivity index (χ3n) is 9.93. The van der Waals surface area contributed by atoms with Gasteiger partial charge in [-0.2, -0.15) is 18.7 Å². The Kier molecular flexibility index (Phi) is 12.0. The quantitative estimate of drug-likeness (QED) is 0.109. The number of aromatic amines is 1. The molecule has 3 N–H and O–H groups in total. The second-order valence-electron chi connectivity index (χ2n) is 14.4. The summed E-state index contributed by atoms with van der Waals surface area (Å²) in [4.78, 5) is 61.2. The first kappa shape index (κ1) is 43.0. The van der Waals surface area contributed by atoms with E-state index in [4.69, 9.17) is 32.5 Å². The van der Waals surface area contributed by atoms with E-state index in [-0.39, 0.29) is 40.5 Å². The second-order valence-corrected chi connectivity index (χ2v) is 17.8. The van der Waals surface area contributed by atoms with Crippen molar-refractivity contribution in [3.05, 3.63) is 65.2 Å². The number of ether oxygens (including phenoxy) is 2. The van der Waals surface area contributed by atoms with Crippen molar-refractivity contribution in [1.29, 1.82) is 5.26 Å². The van der Waals surface area contributed by atoms with Crippen LogP contribution in [0.1, 0.15) is 49.5 Å². The molecule has 3 aliphatic rings. The molecular weight excluding hydrogens is 867 g/mol. The van der Waals surface area contributed by atoms with Gasteiger partial charge in [0, 0.05) is 11.5 Å². The van der Waals surface area contributed by atoms with Crippen LogP contribution in [0.15, 0.2) is 54.1 Å². The molecule has 3 aliphatic heterocycles. The van der Waals surface area contributed by atoms with Crippen molar-refractivity contribution in [2.75, 3.05) is 29.6 Å². The zero-order chi connectivity index (χ0) is 43.9. The number of nitriles is 1. The fourth-order valence-electron chi connectivity index (χ4n) is 6.87. The molecule has 0 aliphatic carbocycles. The molecular formula is C35H36F2N11O12PS. The SMILES string of the molecule is CC(C)C(=O)Nc1nc2c(ncn2[C@@H]2O[C@@H]3CCS(=O)(=O)O[C@H]4[C@@H](F)[C@H](n5cnc6c(NC(=O)c7ccccc7)ncnc65)O[C@@H]4COP(=O)(OCCC#N)O[C@H]3[C@H]2F)c(=O)[nH]1. The molecule has 23 nitrogen and oxygen atoms in total. The van der Waals surface area contributed by atoms with Crippen LogP contribution in [0.3, 0.4) is 0 Å². The summed E-state index contributed by atoms with van der Waals surface area (Å²) in [6, 6.07) is 10.0. The van der Waals surface area contributed by atoms with Crippen LogP contribution in [0.4, 0.5) is 20.5 Å². The Hall–Kier alpha value is -5.65. The minimum absolute atomic E-state index is 0.0236. The third kappa shape index (κ3) is 8.57. The lowest BCUT2D eigenvalue weighted by Crippen LogP contribution is -2.39. The van der Waals surface area contributed by atoms with E-state index in [1.807, 2.05) is 0 Å². The lowest BCUT2D eigenvalue weighted by atomic mass is 10.1. The molecule has 2 amide bonds. The Balaban J connectivity index is 1.07. The van der Waals surface area contributed by atoms with Crippen LogP contribution < -0.4 is 16.2 Å². The van der Waals surface area contributed by atoms with E-state index in [0.717, 1.165) is 28.1 Å². The molecule has 1 aromatic carbocycles. The molecule has 328 valence electrons. The number of amides is 2. The summed E-state index contributed by atoms with van der Waals surface area (Å²) in [5.74, 6) is -2.72. The van der Waals surface area contributed by atoms with Crippen LogP contribution in [-0.2, 0) is 46.7 Å². The topological polar surface area (TPSA) is 296 Å². The normalized spacial score (nSPS) is 28.7. The number of alkyl halides is 2. The van der Waals surface area contributed by atoms with Gasteiger partial charge >= 0.3 is 7.82 Å². The minimum Gasteiger partial charge on any atom is -0.349 e. The van der Waals surface area contributed by atoms with E-state index in [9.17, 15) is 27.4 Å². The van der Waals surface area contributed by atoms with E-state index in [1.54, 1.807) is 50.2 Å². The van der Waals surface area contributed by atoms with Gasteiger partial charge in [-0.1, -0.05) is 32.0 Å². The molecule has 4 aromatic heterocycles. The summed E-state index contributed by atoms with van der Waals surface area (Å²) in [7, 11) is -9.66. The number of halogens is 2. The Morgan fingerprint density at radius 2 is 1.69 bits per heavy atom. The molecule has 3 saturated heterocycles. The first-order valence-electron chi connectivity index (χ1n) is 18.9. The van der Waals surface area contributed by atoms with E-state index >= 15 is 8.78 Å². The van der Waals surface area contributed by atoms with Crippen LogP contribution in [0.2, 0.25) is 0 Å². The lowest BCUT2D eigenvalue weighted by molar-refractivity contribution is -0.118. The summed E-state index contributed by atoms with van der Waals surface area (Å²) in [5, 5.41) is 14.2. The fourth-order valence-corrected chi connectivity index (χ4v) is 9.44. The number of anilines is 2. The van der Waals surface area contributed by atoms with Gasteiger partial charge in [0.05, 0.1) is 50.2 Å². The van der Waals surface area contributed by atoms with E-state index < -0.39 is 116 Å². The molecule has 3 fully saturated rings. The second kappa shape index (κ2) is 17.3. The number of phosphoric ester groups is 1. The van der Waals surface area contributed by atoms with Gasteiger partial charge in [0.1, 0.15) is 24.6 Å². The van der Waals surface area contributed by atoms with Crippen LogP contribution in [-0.4, -0.2) is 115 Å². The van der Waals surface area contributed by atoms with E-state index in [2.05, 4.69) is 40.5 Å². The number of carbonyl (C=O) groups is 2. The lowest BCUT2D eigenvalue weighted by Gasteiger charge is -2.27. The molecule has 5 aromatic rings. The highest BCUT2D eigenvalue weighted by molar-refractivity contribution is 7.86. The number of H-pyrrole nitrogens is 1. The van der Waals surface area contributed by atoms with Gasteiger partial charge < -0.3 is 14.8 Å². The molecule has 27 heteroatoms. The van der Waals surface area contributed by atoms with Crippen molar-refractivity contribution in [3.8, 4) is 6.07 Å². The number of hydrogen-bond donors (Lipinski definition) is 3. The first-order chi connectivity index (χ1) is 29.6. The predicted octanol–water partition coefficient (Wildman–Crippen LogP) is 2.84. The molecule has 0 bridgehead atoms. The molecule has 62 heavy (non-hydrogen) atoms. The number of nitrogens with zero attached hydrogens (tertiary/aromatic N) is 8. The summed E-state index contributed by atoms with van der Waals surface area (Å²) in [6.07, 6.45) is -12.7. The molecule has 0 spiro atoms. The van der Waals surface area contributed by atoms with Crippen molar-refractivity contribution in [2.24, 2.45) is 5.92 Å². The zero-order valence-corrected chi connectivity index (χ0v) is 34.1. The Bertz CT molecular complexity index is 2770. The first-order valence-corrected chi connectivity index (χ1v) is 21.9. The van der Waals surface area contributed by atoms with Crippen molar-refractivity contribution in [3.63, 3.8) is 0 Å². The van der Waals surface area contributed by atoms with Gasteiger partial charge in [-0.15, -0.1) is 0 Å². The maximum absolute atomic E-state index is 16.7. The number of fused-ring (bicyclic) bond motifs is 4. The number of benzene rings is 1. The summed E-state index contributed by atoms with van der Waals surface area (Å²) in [6.45, 7) is 1.76. The van der Waals surface area contributed by atoms with Gasteiger partial charge in [-0.25, -0.2) is 33.3 Å². The molecule has 0 saturated carbocycles. The number of phosphoric acid groups is 1. The standard InChI is InChI=1S/C35H36F2N11O12PS/c1-17(2)30(49)45-35-44-29-24(32(51)46-35)42-16-48(29)33-21(36)25-19(57-33)9-12-62(53,54)60-26-20(13-56-61(52,59-25)55-11-6-10-38)58-34(22(26)37)47-15-41-23-27(39-14-40-28(23)47)43-31(50)18-7-4-3-5-8-18/h3-5,7-8,14-17,19-22,25-26,33-34H,6,9,11-13H2,1-2H3,(H,39,40,43,50)(H2,44,45,46,49,51)/t19-,20-,21-,22-,25-,26-,33-,34-,61?/m1/s1. The highest BCUT2D eigenvalue weighted by Crippen LogP contribution is 2.55. The van der Waals surface area contributed by atoms with Crippen molar-refractivity contribution >= 4 is 63.8 Å². The molecule has 7 heterocycles. The van der Waals surface area contributed by atoms with Gasteiger partial charge in [-0.05, 0) is 18.6 Å². The largest absolute Gasteiger partial charge is 0.475 e. The summed E-state index contributed by atoms with van der Waals surface area (Å²) >= 11 is 0. The predicted molar refractivity (Wildman–Crippen MR) is 207 cm³/mol. The highest BCUT2D eigenvalue weighted by Gasteiger charge is 2.54. The smallest absolute Gasteiger partial charge is 0.349 e. The van der Waals surface area contributed by atoms with Crippen LogP contribution >= 0.6 is 7.82 Å². The monoisotopic (exact) mass is 903 g/mol. The Morgan fingerprint density at radius 1 is 1.00 bits per heavy atom. The van der Waals surface area contributed by atoms with Crippen LogP contribution in [0.25, 0.3) is 22.3 Å². The van der Waals surface area contributed by atoms with Crippen molar-refractivity contribution < 1.29 is 58.6 Å². The van der Waals surface area contributed by atoms with Gasteiger partial charge in [-0.3, -0.25) is 51.6 Å². The highest BCUT2D eigenvalue weighted by atomic mass is 32.2. The Labute approximate surface area is 348 Å². The number of hydrogen-bond acceptors (Lipinski definition) is 18. The average Bonchev–Trinajstić information content (AvgIpc) is 4.01. The minimum atomic E-state index is -4.96. The van der Waals surface area contributed by atoms with E-state index in [0.29, 0.717) is 5.56 Å². The molecule has 9 atom stereocenters. The van der Waals surface area contributed by atoms with Gasteiger partial charge in [0.2, 0.25) is 11.9 Å². The fraction of sp³-hybridized carbons (Fsp3) is 0.457. The molecule has 1 unspecified atom stereocenters. The summed E-state index contributed by atoms with van der Waals surface area (Å²) in [5.41, 5.74) is -0.975. The average molecular weight is 904 g/mol. The maximum Gasteiger partial charge on any atom is 0.475 e. The number of aromatic nitrogens is 8. The number of rotatable bonds is 9. The Morgan fingerprint density at radius 3 is 2.42 bits per heavy atom. The number of carbonyl (C=O) groups excluding carboxylic acids is 2. The maximum atomic E-state index is 16.7. The summed E-state index contributed by atoms with van der Waals surface area (Å²) < 4.78 is 111. The molecule has 0 radical (unpaired) electrons. The van der Waals surface area contributed by atoms with Crippen molar-refractivity contribution in [1.82, 2.24) is 39.0 Å². The van der Waals surface area contributed by atoms with Gasteiger partial charge in [0.15, 0.2) is 52.9 Å². The van der Waals surface area contributed by atoms with Gasteiger partial charge in [0.25, 0.3) is 21.6 Å².